The van der Waals surface area contributed by atoms with E-state index < -0.39 is 0 Å². The van der Waals surface area contributed by atoms with E-state index in [0.29, 0.717) is 40.0 Å². The smallest absolute Gasteiger partial charge is 0.296 e. The summed E-state index contributed by atoms with van der Waals surface area (Å²) in [6.45, 7) is 5.48. The summed E-state index contributed by atoms with van der Waals surface area (Å²) in [5.74, 6) is 0.482. The van der Waals surface area contributed by atoms with Crippen molar-refractivity contribution in [1.82, 2.24) is 9.88 Å². The van der Waals surface area contributed by atoms with Gasteiger partial charge in [-0.3, -0.25) is 4.79 Å². The second kappa shape index (κ2) is 7.59. The van der Waals surface area contributed by atoms with Crippen molar-refractivity contribution in [2.75, 3.05) is 19.0 Å². The van der Waals surface area contributed by atoms with Crippen molar-refractivity contribution in [3.8, 4) is 5.75 Å². The largest absolute Gasteiger partial charge is 0.493 e. The minimum Gasteiger partial charge on any atom is -0.493 e. The van der Waals surface area contributed by atoms with Crippen LogP contribution in [0.2, 0.25) is 5.02 Å². The lowest BCUT2D eigenvalue weighted by atomic mass is 10.0. The highest BCUT2D eigenvalue weighted by Gasteiger charge is 2.36. The first-order chi connectivity index (χ1) is 13.9. The molecular formula is C22H24ClN3O3. The number of hydrogen-bond donors (Lipinski definition) is 1. The van der Waals surface area contributed by atoms with Crippen LogP contribution in [0.25, 0.3) is 11.1 Å². The van der Waals surface area contributed by atoms with E-state index in [0.717, 1.165) is 24.9 Å². The number of nitrogens with zero attached hydrogens (tertiary/aromatic N) is 2. The molecule has 1 amide bonds. The van der Waals surface area contributed by atoms with Crippen LogP contribution in [0, 0.1) is 0 Å². The molecule has 3 aromatic rings. The van der Waals surface area contributed by atoms with E-state index in [1.165, 1.54) is 0 Å². The Labute approximate surface area is 174 Å². The number of amides is 1. The molecule has 1 aromatic heterocycles. The van der Waals surface area contributed by atoms with Gasteiger partial charge in [-0.05, 0) is 56.5 Å². The van der Waals surface area contributed by atoms with E-state index in [1.807, 2.05) is 29.2 Å². The summed E-state index contributed by atoms with van der Waals surface area (Å²) in [5, 5.41) is 3.84. The summed E-state index contributed by atoms with van der Waals surface area (Å²) in [4.78, 5) is 19.5. The number of ether oxygens (including phenoxy) is 1. The third kappa shape index (κ3) is 3.90. The summed E-state index contributed by atoms with van der Waals surface area (Å²) >= 11 is 6.03. The molecule has 2 aromatic carbocycles. The number of hydrogen-bond acceptors (Lipinski definition) is 5. The van der Waals surface area contributed by atoms with Crippen molar-refractivity contribution < 1.29 is 13.9 Å². The van der Waals surface area contributed by atoms with Crippen LogP contribution in [-0.4, -0.2) is 35.0 Å². The number of fused-ring (bicyclic) bond motifs is 1. The number of likely N-dealkylation sites (tertiary alicyclic amines) is 1. The molecule has 0 bridgehead atoms. The molecule has 0 atom stereocenters. The minimum absolute atomic E-state index is 0.0101. The molecule has 152 valence electrons. The number of anilines is 1. The van der Waals surface area contributed by atoms with Gasteiger partial charge in [-0.2, -0.15) is 4.98 Å². The number of rotatable bonds is 5. The predicted octanol–water partition coefficient (Wildman–Crippen LogP) is 5.12. The number of oxazole rings is 1. The molecule has 0 unspecified atom stereocenters. The van der Waals surface area contributed by atoms with Crippen molar-refractivity contribution in [1.29, 1.82) is 0 Å². The second-order valence-electron chi connectivity index (χ2n) is 7.90. The first-order valence-corrected chi connectivity index (χ1v) is 10.0. The van der Waals surface area contributed by atoms with E-state index in [-0.39, 0.29) is 11.4 Å². The van der Waals surface area contributed by atoms with Gasteiger partial charge < -0.3 is 19.4 Å². The van der Waals surface area contributed by atoms with Crippen LogP contribution in [0.15, 0.2) is 40.8 Å². The Hall–Kier alpha value is -2.73. The van der Waals surface area contributed by atoms with Gasteiger partial charge in [0.05, 0.1) is 7.11 Å². The monoisotopic (exact) mass is 413 g/mol. The van der Waals surface area contributed by atoms with Crippen LogP contribution in [-0.2, 0) is 6.54 Å². The normalized spacial score (nSPS) is 15.7. The van der Waals surface area contributed by atoms with Crippen LogP contribution in [0.4, 0.5) is 6.01 Å². The third-order valence-electron chi connectivity index (χ3n) is 5.40. The molecule has 1 saturated heterocycles. The Bertz CT molecular complexity index is 1060. The first-order valence-electron chi connectivity index (χ1n) is 9.66. The van der Waals surface area contributed by atoms with E-state index in [2.05, 4.69) is 24.1 Å². The average Bonchev–Trinajstić information content (AvgIpc) is 3.27. The topological polar surface area (TPSA) is 67.6 Å². The van der Waals surface area contributed by atoms with Crippen LogP contribution in [0.1, 0.15) is 42.6 Å². The zero-order chi connectivity index (χ0) is 20.6. The molecule has 29 heavy (non-hydrogen) atoms. The van der Waals surface area contributed by atoms with Crippen molar-refractivity contribution in [3.05, 3.63) is 52.5 Å². The Morgan fingerprint density at radius 1 is 1.34 bits per heavy atom. The SMILES string of the molecule is COc1cc(C(=O)N2CCCC2(C)C)cc2nc(NCc3cccc(Cl)c3)oc12. The number of methoxy groups -OCH3 is 1. The lowest BCUT2D eigenvalue weighted by molar-refractivity contribution is 0.0652. The zero-order valence-corrected chi connectivity index (χ0v) is 17.5. The minimum atomic E-state index is -0.146. The molecule has 7 heteroatoms. The Morgan fingerprint density at radius 2 is 2.17 bits per heavy atom. The highest BCUT2D eigenvalue weighted by molar-refractivity contribution is 6.30. The van der Waals surface area contributed by atoms with Gasteiger partial charge in [0.25, 0.3) is 11.9 Å². The molecule has 1 aliphatic rings. The molecule has 6 nitrogen and oxygen atoms in total. The summed E-state index contributed by atoms with van der Waals surface area (Å²) in [6, 6.07) is 11.4. The van der Waals surface area contributed by atoms with Crippen molar-refractivity contribution >= 4 is 34.6 Å². The average molecular weight is 414 g/mol. The number of nitrogens with one attached hydrogen (secondary N) is 1. The van der Waals surface area contributed by atoms with Gasteiger partial charge >= 0.3 is 0 Å². The van der Waals surface area contributed by atoms with E-state index in [9.17, 15) is 4.79 Å². The zero-order valence-electron chi connectivity index (χ0n) is 16.8. The number of aromatic nitrogens is 1. The molecule has 2 heterocycles. The molecule has 0 saturated carbocycles. The van der Waals surface area contributed by atoms with E-state index in [1.54, 1.807) is 19.2 Å². The number of benzene rings is 2. The third-order valence-corrected chi connectivity index (χ3v) is 5.64. The molecule has 0 aliphatic carbocycles. The molecular weight excluding hydrogens is 390 g/mol. The van der Waals surface area contributed by atoms with Gasteiger partial charge in [-0.15, -0.1) is 0 Å². The fourth-order valence-electron chi connectivity index (χ4n) is 3.82. The number of halogens is 1. The molecule has 1 N–H and O–H groups in total. The standard InChI is InChI=1S/C22H24ClN3O3/c1-22(2)8-5-9-26(22)20(27)15-11-17-19(18(12-15)28-3)29-21(25-17)24-13-14-6-4-7-16(23)10-14/h4,6-7,10-12H,5,8-9,13H2,1-3H3,(H,24,25). The number of carbonyl (C=O) groups excluding carboxylic acids is 1. The Balaban J connectivity index is 1.61. The molecule has 0 spiro atoms. The maximum Gasteiger partial charge on any atom is 0.296 e. The lowest BCUT2D eigenvalue weighted by Crippen LogP contribution is -2.42. The second-order valence-corrected chi connectivity index (χ2v) is 8.34. The highest BCUT2D eigenvalue weighted by atomic mass is 35.5. The summed E-state index contributed by atoms with van der Waals surface area (Å²) in [5.41, 5.74) is 2.52. The molecule has 0 radical (unpaired) electrons. The fraction of sp³-hybridized carbons (Fsp3) is 0.364. The molecule has 1 aliphatic heterocycles. The molecule has 1 fully saturated rings. The van der Waals surface area contributed by atoms with Gasteiger partial charge in [0.2, 0.25) is 0 Å². The van der Waals surface area contributed by atoms with Crippen molar-refractivity contribution in [2.45, 2.75) is 38.8 Å². The fourth-order valence-corrected chi connectivity index (χ4v) is 4.03. The van der Waals surface area contributed by atoms with Crippen molar-refractivity contribution in [3.63, 3.8) is 0 Å². The van der Waals surface area contributed by atoms with Crippen LogP contribution in [0.3, 0.4) is 0 Å². The summed E-state index contributed by atoms with van der Waals surface area (Å²) < 4.78 is 11.3. The van der Waals surface area contributed by atoms with Crippen LogP contribution >= 0.6 is 11.6 Å². The number of carbonyl (C=O) groups is 1. The van der Waals surface area contributed by atoms with Gasteiger partial charge in [-0.1, -0.05) is 23.7 Å². The maximum absolute atomic E-state index is 13.1. The summed E-state index contributed by atoms with van der Waals surface area (Å²) in [6.07, 6.45) is 2.01. The first kappa shape index (κ1) is 19.6. The quantitative estimate of drug-likeness (QED) is 0.629. The highest BCUT2D eigenvalue weighted by Crippen LogP contribution is 2.34. The van der Waals surface area contributed by atoms with Crippen molar-refractivity contribution in [2.24, 2.45) is 0 Å². The summed E-state index contributed by atoms with van der Waals surface area (Å²) in [7, 11) is 1.56. The Kier molecular flexibility index (Phi) is 5.13. The van der Waals surface area contributed by atoms with Gasteiger partial charge in [-0.25, -0.2) is 0 Å². The lowest BCUT2D eigenvalue weighted by Gasteiger charge is -2.31. The predicted molar refractivity (Wildman–Crippen MR) is 114 cm³/mol. The Morgan fingerprint density at radius 3 is 2.86 bits per heavy atom. The van der Waals surface area contributed by atoms with Gasteiger partial charge in [0, 0.05) is 29.2 Å². The van der Waals surface area contributed by atoms with E-state index >= 15 is 0 Å². The van der Waals surface area contributed by atoms with Crippen LogP contribution < -0.4 is 10.1 Å². The van der Waals surface area contributed by atoms with Crippen LogP contribution in [0.5, 0.6) is 5.75 Å². The maximum atomic E-state index is 13.1. The van der Waals surface area contributed by atoms with Gasteiger partial charge in [0.1, 0.15) is 5.52 Å². The van der Waals surface area contributed by atoms with E-state index in [4.69, 9.17) is 20.8 Å². The van der Waals surface area contributed by atoms with Gasteiger partial charge in [0.15, 0.2) is 11.3 Å². The molecule has 4 rings (SSSR count).